The predicted octanol–water partition coefficient (Wildman–Crippen LogP) is 1.89. The van der Waals surface area contributed by atoms with Gasteiger partial charge in [0.25, 0.3) is 0 Å². The lowest BCUT2D eigenvalue weighted by atomic mass is 9.84. The van der Waals surface area contributed by atoms with Crippen LogP contribution in [0.3, 0.4) is 0 Å². The molecule has 0 aromatic carbocycles. The molecule has 0 radical (unpaired) electrons. The molecule has 7 heteroatoms. The Morgan fingerprint density at radius 1 is 0.950 bits per heavy atom. The highest BCUT2D eigenvalue weighted by atomic mass is 19.4. The number of amides is 2. The van der Waals surface area contributed by atoms with E-state index in [0.717, 1.165) is 25.7 Å². The average Bonchev–Trinajstić information content (AvgIpc) is 2.35. The minimum absolute atomic E-state index is 0.374. The standard InChI is InChI=1S/C13H19F3N2O2/c14-13(15,16)7-10-12(20)17-9(11(19)18-10)6-8-4-2-1-3-5-8/h8-10H,1-7H2,(H,17,20)(H,18,19)/t9-,10+/m0/s1. The molecule has 1 saturated carbocycles. The molecule has 1 aliphatic heterocycles. The molecule has 1 heterocycles. The monoisotopic (exact) mass is 292 g/mol. The summed E-state index contributed by atoms with van der Waals surface area (Å²) in [7, 11) is 0. The van der Waals surface area contributed by atoms with E-state index in [1.54, 1.807) is 0 Å². The van der Waals surface area contributed by atoms with Gasteiger partial charge in [-0.1, -0.05) is 32.1 Å². The maximum atomic E-state index is 12.3. The highest BCUT2D eigenvalue weighted by molar-refractivity contribution is 5.96. The van der Waals surface area contributed by atoms with Crippen molar-refractivity contribution < 1.29 is 22.8 Å². The third-order valence-corrected chi connectivity index (χ3v) is 4.00. The Hall–Kier alpha value is -1.27. The first-order valence-corrected chi connectivity index (χ1v) is 7.02. The van der Waals surface area contributed by atoms with E-state index in [9.17, 15) is 22.8 Å². The molecule has 2 aliphatic rings. The van der Waals surface area contributed by atoms with Crippen LogP contribution < -0.4 is 10.6 Å². The number of carbonyl (C=O) groups excluding carboxylic acids is 2. The number of nitrogens with one attached hydrogen (secondary N) is 2. The van der Waals surface area contributed by atoms with Crippen LogP contribution in [0.15, 0.2) is 0 Å². The number of alkyl halides is 3. The van der Waals surface area contributed by atoms with Crippen molar-refractivity contribution >= 4 is 11.8 Å². The fourth-order valence-electron chi connectivity index (χ4n) is 2.97. The number of hydrogen-bond acceptors (Lipinski definition) is 2. The summed E-state index contributed by atoms with van der Waals surface area (Å²) in [6.07, 6.45) is 0.195. The van der Waals surface area contributed by atoms with Gasteiger partial charge >= 0.3 is 6.18 Å². The first kappa shape index (κ1) is 15.1. The summed E-state index contributed by atoms with van der Waals surface area (Å²) >= 11 is 0. The second kappa shape index (κ2) is 6.01. The van der Waals surface area contributed by atoms with Crippen LogP contribution >= 0.6 is 0 Å². The minimum Gasteiger partial charge on any atom is -0.343 e. The molecule has 114 valence electrons. The van der Waals surface area contributed by atoms with E-state index in [2.05, 4.69) is 10.6 Å². The second-order valence-corrected chi connectivity index (χ2v) is 5.68. The molecule has 2 atom stereocenters. The van der Waals surface area contributed by atoms with Crippen LogP contribution in [0.2, 0.25) is 0 Å². The van der Waals surface area contributed by atoms with Gasteiger partial charge in [0.05, 0.1) is 6.42 Å². The fraction of sp³-hybridized carbons (Fsp3) is 0.846. The molecule has 0 aromatic heterocycles. The normalized spacial score (nSPS) is 28.9. The summed E-state index contributed by atoms with van der Waals surface area (Å²) in [6, 6.07) is -2.18. The summed E-state index contributed by atoms with van der Waals surface area (Å²) in [5.74, 6) is -0.855. The number of piperazine rings is 1. The molecule has 0 spiro atoms. The van der Waals surface area contributed by atoms with Gasteiger partial charge in [-0.3, -0.25) is 9.59 Å². The Kier molecular flexibility index (Phi) is 4.55. The number of rotatable bonds is 3. The van der Waals surface area contributed by atoms with Crippen molar-refractivity contribution in [2.75, 3.05) is 0 Å². The second-order valence-electron chi connectivity index (χ2n) is 5.68. The molecular weight excluding hydrogens is 273 g/mol. The highest BCUT2D eigenvalue weighted by Gasteiger charge is 2.41. The van der Waals surface area contributed by atoms with E-state index in [0.29, 0.717) is 12.3 Å². The highest BCUT2D eigenvalue weighted by Crippen LogP contribution is 2.28. The van der Waals surface area contributed by atoms with Crippen molar-refractivity contribution in [1.29, 1.82) is 0 Å². The third kappa shape index (κ3) is 4.11. The SMILES string of the molecule is O=C1N[C@H](CC(F)(F)F)C(=O)N[C@H]1CC1CCCCC1. The Bertz CT molecular complexity index is 378. The lowest BCUT2D eigenvalue weighted by molar-refractivity contribution is -0.155. The van der Waals surface area contributed by atoms with E-state index >= 15 is 0 Å². The van der Waals surface area contributed by atoms with Crippen molar-refractivity contribution in [3.8, 4) is 0 Å². The number of halogens is 3. The molecule has 1 aliphatic carbocycles. The van der Waals surface area contributed by atoms with E-state index < -0.39 is 36.5 Å². The lowest BCUT2D eigenvalue weighted by Crippen LogP contribution is -2.62. The van der Waals surface area contributed by atoms with Gasteiger partial charge in [-0.05, 0) is 12.3 Å². The van der Waals surface area contributed by atoms with Gasteiger partial charge in [0.2, 0.25) is 11.8 Å². The molecule has 2 N–H and O–H groups in total. The summed E-state index contributed by atoms with van der Waals surface area (Å²) in [5.41, 5.74) is 0. The molecule has 2 amide bonds. The smallest absolute Gasteiger partial charge is 0.343 e. The zero-order chi connectivity index (χ0) is 14.8. The van der Waals surface area contributed by atoms with Crippen molar-refractivity contribution in [1.82, 2.24) is 10.6 Å². The van der Waals surface area contributed by atoms with Crippen molar-refractivity contribution in [2.24, 2.45) is 5.92 Å². The van der Waals surface area contributed by atoms with Crippen LogP contribution in [0, 0.1) is 5.92 Å². The van der Waals surface area contributed by atoms with Gasteiger partial charge in [-0.25, -0.2) is 0 Å². The molecular formula is C13H19F3N2O2. The van der Waals surface area contributed by atoms with Crippen LogP contribution in [-0.2, 0) is 9.59 Å². The van der Waals surface area contributed by atoms with Crippen LogP contribution in [0.5, 0.6) is 0 Å². The van der Waals surface area contributed by atoms with Crippen LogP contribution in [-0.4, -0.2) is 30.1 Å². The molecule has 2 rings (SSSR count). The Morgan fingerprint density at radius 2 is 1.50 bits per heavy atom. The quantitative estimate of drug-likeness (QED) is 0.834. The van der Waals surface area contributed by atoms with E-state index in [4.69, 9.17) is 0 Å². The first-order chi connectivity index (χ1) is 9.35. The molecule has 1 saturated heterocycles. The topological polar surface area (TPSA) is 58.2 Å². The van der Waals surface area contributed by atoms with Gasteiger partial charge in [-0.2, -0.15) is 13.2 Å². The van der Waals surface area contributed by atoms with E-state index in [1.807, 2.05) is 0 Å². The first-order valence-electron chi connectivity index (χ1n) is 7.02. The lowest BCUT2D eigenvalue weighted by Gasteiger charge is -2.32. The molecule has 20 heavy (non-hydrogen) atoms. The summed E-state index contributed by atoms with van der Waals surface area (Å²) in [6.45, 7) is 0. The predicted molar refractivity (Wildman–Crippen MR) is 65.7 cm³/mol. The van der Waals surface area contributed by atoms with E-state index in [-0.39, 0.29) is 0 Å². The van der Waals surface area contributed by atoms with Crippen molar-refractivity contribution in [2.45, 2.75) is 63.2 Å². The van der Waals surface area contributed by atoms with E-state index in [1.165, 1.54) is 6.42 Å². The van der Waals surface area contributed by atoms with Gasteiger partial charge in [-0.15, -0.1) is 0 Å². The van der Waals surface area contributed by atoms with Gasteiger partial charge in [0.1, 0.15) is 12.1 Å². The Morgan fingerprint density at radius 3 is 2.10 bits per heavy atom. The van der Waals surface area contributed by atoms with Crippen LogP contribution in [0.4, 0.5) is 13.2 Å². The summed E-state index contributed by atoms with van der Waals surface area (Å²) in [4.78, 5) is 23.5. The van der Waals surface area contributed by atoms with Gasteiger partial charge in [0.15, 0.2) is 0 Å². The summed E-state index contributed by atoms with van der Waals surface area (Å²) in [5, 5.41) is 4.63. The zero-order valence-corrected chi connectivity index (χ0v) is 11.1. The maximum absolute atomic E-state index is 12.3. The van der Waals surface area contributed by atoms with Crippen molar-refractivity contribution in [3.63, 3.8) is 0 Å². The molecule has 4 nitrogen and oxygen atoms in total. The fourth-order valence-corrected chi connectivity index (χ4v) is 2.97. The largest absolute Gasteiger partial charge is 0.391 e. The van der Waals surface area contributed by atoms with Gasteiger partial charge < -0.3 is 10.6 Å². The Balaban J connectivity index is 1.89. The molecule has 2 fully saturated rings. The zero-order valence-electron chi connectivity index (χ0n) is 11.1. The van der Waals surface area contributed by atoms with Crippen LogP contribution in [0.1, 0.15) is 44.9 Å². The Labute approximate surface area is 115 Å². The van der Waals surface area contributed by atoms with Gasteiger partial charge in [0, 0.05) is 0 Å². The third-order valence-electron chi connectivity index (χ3n) is 4.00. The molecule has 0 unspecified atom stereocenters. The average molecular weight is 292 g/mol. The van der Waals surface area contributed by atoms with Crippen molar-refractivity contribution in [3.05, 3.63) is 0 Å². The minimum atomic E-state index is -4.47. The van der Waals surface area contributed by atoms with Crippen LogP contribution in [0.25, 0.3) is 0 Å². The number of hydrogen-bond donors (Lipinski definition) is 2. The molecule has 0 aromatic rings. The summed E-state index contributed by atoms with van der Waals surface area (Å²) < 4.78 is 36.8. The maximum Gasteiger partial charge on any atom is 0.391 e. The molecule has 0 bridgehead atoms. The number of carbonyl (C=O) groups is 2.